The highest BCUT2D eigenvalue weighted by atomic mass is 16.5. The quantitative estimate of drug-likeness (QED) is 0.107. The number of likely N-dealkylation sites (tertiary alicyclic amines) is 1. The van der Waals surface area contributed by atoms with E-state index in [1.54, 1.807) is 17.0 Å². The zero-order valence-electron chi connectivity index (χ0n) is 23.3. The van der Waals surface area contributed by atoms with E-state index in [2.05, 4.69) is 10.6 Å². The van der Waals surface area contributed by atoms with Gasteiger partial charge in [0.05, 0.1) is 19.6 Å². The first-order valence-corrected chi connectivity index (χ1v) is 13.1. The molecule has 1 saturated heterocycles. The molecule has 0 saturated carbocycles. The molecule has 0 unspecified atom stereocenters. The minimum absolute atomic E-state index is 0.101. The van der Waals surface area contributed by atoms with Crippen LogP contribution < -0.4 is 21.1 Å². The molecule has 0 bridgehead atoms. The van der Waals surface area contributed by atoms with Gasteiger partial charge in [0.25, 0.3) is 11.8 Å². The van der Waals surface area contributed by atoms with E-state index in [9.17, 15) is 29.1 Å². The fourth-order valence-electron chi connectivity index (χ4n) is 4.24. The minimum Gasteiger partial charge on any atom is -0.491 e. The summed E-state index contributed by atoms with van der Waals surface area (Å²) >= 11 is 0. The molecular weight excluding hydrogens is 546 g/mol. The number of aliphatic carboxylic acids is 1. The van der Waals surface area contributed by atoms with Crippen LogP contribution in [0.2, 0.25) is 0 Å². The molecule has 1 aliphatic heterocycles. The summed E-state index contributed by atoms with van der Waals surface area (Å²) < 4.78 is 10.6. The van der Waals surface area contributed by atoms with Crippen LogP contribution in [0.1, 0.15) is 58.0 Å². The maximum absolute atomic E-state index is 13.0. The lowest BCUT2D eigenvalue weighted by Crippen LogP contribution is -2.40. The van der Waals surface area contributed by atoms with Gasteiger partial charge in [0.15, 0.2) is 0 Å². The number of rotatable bonds is 12. The third-order valence-corrected chi connectivity index (χ3v) is 6.32. The summed E-state index contributed by atoms with van der Waals surface area (Å²) in [6, 6.07) is 9.50. The van der Waals surface area contributed by atoms with Crippen molar-refractivity contribution in [3.63, 3.8) is 0 Å². The molecule has 1 fully saturated rings. The first kappa shape index (κ1) is 31.3. The lowest BCUT2D eigenvalue weighted by Gasteiger charge is -2.20. The van der Waals surface area contributed by atoms with Crippen molar-refractivity contribution in [2.45, 2.75) is 32.2 Å². The molecule has 13 nitrogen and oxygen atoms in total. The molecule has 1 aliphatic rings. The molecule has 3 amide bonds. The van der Waals surface area contributed by atoms with Gasteiger partial charge in [-0.15, -0.1) is 0 Å². The van der Waals surface area contributed by atoms with Gasteiger partial charge in [0.1, 0.15) is 23.9 Å². The van der Waals surface area contributed by atoms with E-state index in [0.717, 1.165) is 20.0 Å². The average Bonchev–Trinajstić information content (AvgIpc) is 3.50. The molecule has 13 heteroatoms. The van der Waals surface area contributed by atoms with Gasteiger partial charge in [0.2, 0.25) is 5.91 Å². The molecule has 0 aliphatic carbocycles. The second-order valence-electron chi connectivity index (χ2n) is 9.55. The number of carboxylic acids is 1. The number of benzene rings is 2. The molecule has 0 aromatic heterocycles. The number of nitrogens with zero attached hydrogens (tertiary/aromatic N) is 1. The molecule has 6 N–H and O–H groups in total. The summed E-state index contributed by atoms with van der Waals surface area (Å²) in [7, 11) is 1.15. The maximum atomic E-state index is 13.0. The second kappa shape index (κ2) is 14.4. The number of nitrogens with two attached hydrogens (primary N) is 1. The lowest BCUT2D eigenvalue weighted by atomic mass is 10.1. The number of carbonyl (C=O) groups is 5. The number of nitrogen functional groups attached to an aromatic ring is 1. The topological polar surface area (TPSA) is 201 Å². The van der Waals surface area contributed by atoms with Gasteiger partial charge in [-0.05, 0) is 49.2 Å². The van der Waals surface area contributed by atoms with E-state index < -0.39 is 36.2 Å². The van der Waals surface area contributed by atoms with Crippen molar-refractivity contribution in [2.24, 2.45) is 5.73 Å². The zero-order valence-corrected chi connectivity index (χ0v) is 23.3. The van der Waals surface area contributed by atoms with Gasteiger partial charge in [-0.2, -0.15) is 0 Å². The van der Waals surface area contributed by atoms with E-state index >= 15 is 0 Å². The predicted molar refractivity (Wildman–Crippen MR) is 152 cm³/mol. The number of methoxy groups -OCH3 is 1. The third kappa shape index (κ3) is 8.65. The first-order chi connectivity index (χ1) is 20.0. The first-order valence-electron chi connectivity index (χ1n) is 13.1. The molecule has 2 aromatic rings. The Labute approximate surface area is 242 Å². The summed E-state index contributed by atoms with van der Waals surface area (Å²) in [5.41, 5.74) is 6.67. The highest BCUT2D eigenvalue weighted by molar-refractivity contribution is 5.99. The van der Waals surface area contributed by atoms with Crippen LogP contribution in [-0.4, -0.2) is 78.4 Å². The van der Waals surface area contributed by atoms with Crippen LogP contribution in [0.5, 0.6) is 5.75 Å². The molecule has 0 spiro atoms. The molecule has 3 rings (SSSR count). The molecule has 0 radical (unpaired) electrons. The van der Waals surface area contributed by atoms with Crippen molar-refractivity contribution in [1.82, 2.24) is 15.5 Å². The Balaban J connectivity index is 1.80. The molecule has 1 heterocycles. The summed E-state index contributed by atoms with van der Waals surface area (Å²) in [5, 5.41) is 22.2. The summed E-state index contributed by atoms with van der Waals surface area (Å²) in [4.78, 5) is 62.6. The molecular formula is C29H33N5O8. The van der Waals surface area contributed by atoms with Crippen LogP contribution in [0.3, 0.4) is 0 Å². The van der Waals surface area contributed by atoms with E-state index in [-0.39, 0.29) is 46.5 Å². The molecule has 2 aromatic carbocycles. The highest BCUT2D eigenvalue weighted by Gasteiger charge is 2.22. The van der Waals surface area contributed by atoms with Gasteiger partial charge in [0, 0.05) is 42.3 Å². The largest absolute Gasteiger partial charge is 0.491 e. The number of amidine groups is 1. The number of carboxylic acid groups (broad SMARTS) is 1. The predicted octanol–water partition coefficient (Wildman–Crippen LogP) is 1.51. The highest BCUT2D eigenvalue weighted by Crippen LogP contribution is 2.24. The van der Waals surface area contributed by atoms with Gasteiger partial charge in [-0.3, -0.25) is 24.6 Å². The number of hydrogen-bond acceptors (Lipinski definition) is 8. The fourth-order valence-corrected chi connectivity index (χ4v) is 4.24. The molecule has 42 heavy (non-hydrogen) atoms. The normalized spacial score (nSPS) is 13.6. The maximum Gasteiger partial charge on any atom is 0.354 e. The van der Waals surface area contributed by atoms with Crippen molar-refractivity contribution in [3.05, 3.63) is 70.4 Å². The Morgan fingerprint density at radius 3 is 2.24 bits per heavy atom. The Kier molecular flexibility index (Phi) is 10.8. The van der Waals surface area contributed by atoms with Crippen molar-refractivity contribution >= 4 is 41.6 Å². The smallest absolute Gasteiger partial charge is 0.354 e. The van der Waals surface area contributed by atoms with Crippen molar-refractivity contribution in [3.8, 4) is 5.75 Å². The van der Waals surface area contributed by atoms with Crippen LogP contribution in [0.25, 0.3) is 6.08 Å². The SMILES string of the molecule is COC(=O)/C(=C\c1ccc(C(=N)N)cc1OC[C@@H](CC(=O)O)NC(=O)c1ccc(C(=O)N2CCCC2)cc1)NC(C)=O. The fraction of sp³-hybridized carbons (Fsp3) is 0.310. The average molecular weight is 580 g/mol. The van der Waals surface area contributed by atoms with E-state index in [4.69, 9.17) is 20.6 Å². The van der Waals surface area contributed by atoms with Crippen LogP contribution in [0.4, 0.5) is 0 Å². The number of hydrogen-bond donors (Lipinski definition) is 5. The van der Waals surface area contributed by atoms with Crippen molar-refractivity contribution in [1.29, 1.82) is 5.41 Å². The number of nitrogens with one attached hydrogen (secondary N) is 3. The molecule has 222 valence electrons. The Morgan fingerprint density at radius 1 is 1.05 bits per heavy atom. The Morgan fingerprint density at radius 2 is 1.67 bits per heavy atom. The minimum atomic E-state index is -1.19. The lowest BCUT2D eigenvalue weighted by molar-refractivity contribution is -0.138. The Bertz CT molecular complexity index is 1400. The number of esters is 1. The number of amides is 3. The third-order valence-electron chi connectivity index (χ3n) is 6.32. The van der Waals surface area contributed by atoms with Crippen LogP contribution in [-0.2, 0) is 19.1 Å². The van der Waals surface area contributed by atoms with Gasteiger partial charge >= 0.3 is 11.9 Å². The summed E-state index contributed by atoms with van der Waals surface area (Å²) in [6.07, 6.45) is 2.73. The van der Waals surface area contributed by atoms with E-state index in [1.807, 2.05) is 0 Å². The van der Waals surface area contributed by atoms with Crippen molar-refractivity contribution < 1.29 is 38.6 Å². The van der Waals surface area contributed by atoms with Crippen LogP contribution in [0, 0.1) is 5.41 Å². The van der Waals surface area contributed by atoms with Crippen molar-refractivity contribution in [2.75, 3.05) is 26.8 Å². The summed E-state index contributed by atoms with van der Waals surface area (Å²) in [6.45, 7) is 2.30. The second-order valence-corrected chi connectivity index (χ2v) is 9.55. The zero-order chi connectivity index (χ0) is 30.8. The number of carbonyl (C=O) groups excluding carboxylic acids is 4. The molecule has 1 atom stereocenters. The monoisotopic (exact) mass is 579 g/mol. The Hall–Kier alpha value is -5.20. The van der Waals surface area contributed by atoms with Crippen LogP contribution in [0.15, 0.2) is 48.2 Å². The number of ether oxygens (including phenoxy) is 2. The standard InChI is InChI=1S/C29H33N5O8/c1-17(35)32-23(29(40)41-2)13-20-9-10-21(26(30)31)14-24(20)42-16-22(15-25(36)37)33-27(38)18-5-7-19(8-6-18)28(39)34-11-3-4-12-34/h5-10,13-14,22H,3-4,11-12,15-16H2,1-2H3,(H3,30,31)(H,32,35)(H,33,38)(H,36,37)/b23-13+/t22-/m1/s1. The summed E-state index contributed by atoms with van der Waals surface area (Å²) in [5.74, 6) is -3.38. The van der Waals surface area contributed by atoms with Gasteiger partial charge in [-0.25, -0.2) is 4.79 Å². The van der Waals surface area contributed by atoms with E-state index in [1.165, 1.54) is 43.3 Å². The van der Waals surface area contributed by atoms with Crippen LogP contribution >= 0.6 is 0 Å². The van der Waals surface area contributed by atoms with Gasteiger partial charge in [-0.1, -0.05) is 12.1 Å². The van der Waals surface area contributed by atoms with E-state index in [0.29, 0.717) is 18.7 Å². The van der Waals surface area contributed by atoms with Gasteiger partial charge < -0.3 is 35.8 Å².